The predicted octanol–water partition coefficient (Wildman–Crippen LogP) is 1.53. The van der Waals surface area contributed by atoms with Crippen molar-refractivity contribution in [2.45, 2.75) is 11.4 Å². The van der Waals surface area contributed by atoms with E-state index < -0.39 is 10.0 Å². The monoisotopic (exact) mass is 306 g/mol. The van der Waals surface area contributed by atoms with E-state index in [-0.39, 0.29) is 4.90 Å². The Morgan fingerprint density at radius 3 is 2.57 bits per heavy atom. The van der Waals surface area contributed by atoms with Gasteiger partial charge >= 0.3 is 0 Å². The van der Waals surface area contributed by atoms with Crippen LogP contribution >= 0.6 is 0 Å². The Bertz CT molecular complexity index is 712. The van der Waals surface area contributed by atoms with Gasteiger partial charge in [-0.25, -0.2) is 17.7 Å². The van der Waals surface area contributed by atoms with Gasteiger partial charge in [0.2, 0.25) is 10.0 Å². The van der Waals surface area contributed by atoms with Crippen LogP contribution in [0, 0.1) is 0 Å². The zero-order valence-electron chi connectivity index (χ0n) is 11.9. The third-order valence-corrected chi connectivity index (χ3v) is 4.75. The second-order valence-electron chi connectivity index (χ2n) is 4.70. The quantitative estimate of drug-likeness (QED) is 0.874. The predicted molar refractivity (Wildman–Crippen MR) is 82.7 cm³/mol. The smallest absolute Gasteiger partial charge is 0.244 e. The van der Waals surface area contributed by atoms with E-state index in [2.05, 4.69) is 10.3 Å². The molecule has 0 saturated heterocycles. The van der Waals surface area contributed by atoms with Crippen LogP contribution < -0.4 is 11.1 Å². The average Bonchev–Trinajstić information content (AvgIpc) is 2.48. The lowest BCUT2D eigenvalue weighted by Gasteiger charge is -2.12. The molecule has 2 aromatic rings. The van der Waals surface area contributed by atoms with E-state index in [4.69, 9.17) is 5.73 Å². The van der Waals surface area contributed by atoms with E-state index in [9.17, 15) is 8.42 Å². The van der Waals surface area contributed by atoms with Crippen LogP contribution in [0.15, 0.2) is 47.5 Å². The maximum absolute atomic E-state index is 11.9. The molecule has 0 amide bonds. The van der Waals surface area contributed by atoms with Gasteiger partial charge in [-0.3, -0.25) is 0 Å². The molecule has 0 saturated carbocycles. The minimum atomic E-state index is -3.45. The molecule has 1 aromatic carbocycles. The van der Waals surface area contributed by atoms with Gasteiger partial charge in [0.05, 0.1) is 0 Å². The number of benzene rings is 1. The maximum Gasteiger partial charge on any atom is 0.244 e. The van der Waals surface area contributed by atoms with Crippen molar-refractivity contribution in [3.8, 4) is 0 Å². The normalized spacial score (nSPS) is 11.6. The van der Waals surface area contributed by atoms with Crippen molar-refractivity contribution in [1.82, 2.24) is 9.29 Å². The highest BCUT2D eigenvalue weighted by Crippen LogP contribution is 2.18. The van der Waals surface area contributed by atoms with Gasteiger partial charge in [-0.1, -0.05) is 12.1 Å². The van der Waals surface area contributed by atoms with Crippen LogP contribution in [0.4, 0.5) is 11.5 Å². The van der Waals surface area contributed by atoms with Crippen LogP contribution in [-0.4, -0.2) is 31.8 Å². The number of hydrogen-bond donors (Lipinski definition) is 2. The number of pyridine rings is 1. The molecule has 3 N–H and O–H groups in total. The molecule has 0 atom stereocenters. The van der Waals surface area contributed by atoms with E-state index in [0.717, 1.165) is 15.6 Å². The summed E-state index contributed by atoms with van der Waals surface area (Å²) >= 11 is 0. The van der Waals surface area contributed by atoms with Crippen molar-refractivity contribution in [3.05, 3.63) is 48.2 Å². The van der Waals surface area contributed by atoms with Gasteiger partial charge in [-0.2, -0.15) is 0 Å². The number of hydrogen-bond acceptors (Lipinski definition) is 5. The summed E-state index contributed by atoms with van der Waals surface area (Å²) in [6, 6.07) is 10.8. The summed E-state index contributed by atoms with van der Waals surface area (Å²) in [5.41, 5.74) is 7.45. The number of aromatic nitrogens is 1. The van der Waals surface area contributed by atoms with E-state index in [1.807, 2.05) is 24.3 Å². The molecule has 0 bridgehead atoms. The topological polar surface area (TPSA) is 88.3 Å². The molecule has 0 radical (unpaired) electrons. The van der Waals surface area contributed by atoms with Crippen LogP contribution in [0.1, 0.15) is 5.56 Å². The van der Waals surface area contributed by atoms with Crippen molar-refractivity contribution in [2.24, 2.45) is 5.73 Å². The standard InChI is InChI=1S/C14H18N4O2S/c1-18(2)21(19,20)13-6-7-14(16-10-13)17-12-5-3-4-11(8-12)9-15/h3-8,10H,9,15H2,1-2H3,(H,16,17). The summed E-state index contributed by atoms with van der Waals surface area (Å²) in [6.07, 6.45) is 1.34. The molecule has 112 valence electrons. The van der Waals surface area contributed by atoms with Gasteiger partial charge in [-0.15, -0.1) is 0 Å². The summed E-state index contributed by atoms with van der Waals surface area (Å²) in [4.78, 5) is 4.29. The van der Waals surface area contributed by atoms with Crippen molar-refractivity contribution in [1.29, 1.82) is 0 Å². The molecule has 0 fully saturated rings. The van der Waals surface area contributed by atoms with Crippen molar-refractivity contribution >= 4 is 21.5 Å². The van der Waals surface area contributed by atoms with Crippen LogP contribution in [0.3, 0.4) is 0 Å². The molecular weight excluding hydrogens is 288 g/mol. The molecule has 7 heteroatoms. The van der Waals surface area contributed by atoms with Gasteiger partial charge in [0.1, 0.15) is 10.7 Å². The van der Waals surface area contributed by atoms with Crippen LogP contribution in [0.2, 0.25) is 0 Å². The summed E-state index contributed by atoms with van der Waals surface area (Å²) in [6.45, 7) is 0.461. The van der Waals surface area contributed by atoms with Gasteiger partial charge in [0.25, 0.3) is 0 Å². The molecular formula is C14H18N4O2S. The Kier molecular flexibility index (Phi) is 4.56. The molecule has 0 unspecified atom stereocenters. The second kappa shape index (κ2) is 6.21. The number of nitrogens with one attached hydrogen (secondary N) is 1. The van der Waals surface area contributed by atoms with Crippen LogP contribution in [0.5, 0.6) is 0 Å². The fourth-order valence-corrected chi connectivity index (χ4v) is 2.59. The number of nitrogens with two attached hydrogens (primary N) is 1. The molecule has 0 aliphatic heterocycles. The molecule has 0 aliphatic carbocycles. The van der Waals surface area contributed by atoms with Crippen molar-refractivity contribution < 1.29 is 8.42 Å². The number of anilines is 2. The minimum absolute atomic E-state index is 0.161. The largest absolute Gasteiger partial charge is 0.340 e. The fraction of sp³-hybridized carbons (Fsp3) is 0.214. The Labute approximate surface area is 124 Å². The SMILES string of the molecule is CN(C)S(=O)(=O)c1ccc(Nc2cccc(CN)c2)nc1. The zero-order chi connectivity index (χ0) is 15.5. The summed E-state index contributed by atoms with van der Waals surface area (Å²) < 4.78 is 25.0. The lowest BCUT2D eigenvalue weighted by Crippen LogP contribution is -2.22. The first-order valence-electron chi connectivity index (χ1n) is 6.38. The first kappa shape index (κ1) is 15.4. The van der Waals surface area contributed by atoms with Gasteiger partial charge in [-0.05, 0) is 29.8 Å². The maximum atomic E-state index is 11.9. The Morgan fingerprint density at radius 2 is 2.00 bits per heavy atom. The summed E-state index contributed by atoms with van der Waals surface area (Å²) in [7, 11) is -0.479. The van der Waals surface area contributed by atoms with Crippen molar-refractivity contribution in [2.75, 3.05) is 19.4 Å². The minimum Gasteiger partial charge on any atom is -0.340 e. The molecule has 21 heavy (non-hydrogen) atoms. The lowest BCUT2D eigenvalue weighted by atomic mass is 10.2. The first-order chi connectivity index (χ1) is 9.93. The van der Waals surface area contributed by atoms with E-state index >= 15 is 0 Å². The van der Waals surface area contributed by atoms with E-state index in [1.54, 1.807) is 6.07 Å². The van der Waals surface area contributed by atoms with Crippen molar-refractivity contribution in [3.63, 3.8) is 0 Å². The van der Waals surface area contributed by atoms with Gasteiger partial charge < -0.3 is 11.1 Å². The fourth-order valence-electron chi connectivity index (χ4n) is 1.74. The third-order valence-electron chi connectivity index (χ3n) is 2.95. The van der Waals surface area contributed by atoms with E-state index in [1.165, 1.54) is 26.4 Å². The Hall–Kier alpha value is -1.96. The Balaban J connectivity index is 2.20. The molecule has 1 heterocycles. The number of sulfonamides is 1. The lowest BCUT2D eigenvalue weighted by molar-refractivity contribution is 0.520. The highest BCUT2D eigenvalue weighted by atomic mass is 32.2. The molecule has 0 spiro atoms. The van der Waals surface area contributed by atoms with Gasteiger partial charge in [0, 0.05) is 32.5 Å². The molecule has 6 nitrogen and oxygen atoms in total. The second-order valence-corrected chi connectivity index (χ2v) is 6.85. The third kappa shape index (κ3) is 3.57. The Morgan fingerprint density at radius 1 is 1.24 bits per heavy atom. The average molecular weight is 306 g/mol. The molecule has 1 aromatic heterocycles. The zero-order valence-corrected chi connectivity index (χ0v) is 12.8. The summed E-state index contributed by atoms with van der Waals surface area (Å²) in [5.74, 6) is 0.571. The summed E-state index contributed by atoms with van der Waals surface area (Å²) in [5, 5.41) is 3.11. The van der Waals surface area contributed by atoms with Crippen LogP contribution in [-0.2, 0) is 16.6 Å². The molecule has 2 rings (SSSR count). The molecule has 0 aliphatic rings. The highest BCUT2D eigenvalue weighted by Gasteiger charge is 2.17. The van der Waals surface area contributed by atoms with Crippen LogP contribution in [0.25, 0.3) is 0 Å². The first-order valence-corrected chi connectivity index (χ1v) is 7.82. The number of nitrogens with zero attached hydrogens (tertiary/aromatic N) is 2. The highest BCUT2D eigenvalue weighted by molar-refractivity contribution is 7.89. The van der Waals surface area contributed by atoms with E-state index in [0.29, 0.717) is 12.4 Å². The van der Waals surface area contributed by atoms with Gasteiger partial charge in [0.15, 0.2) is 0 Å². The number of rotatable bonds is 5.